The van der Waals surface area contributed by atoms with E-state index in [1.54, 1.807) is 0 Å². The van der Waals surface area contributed by atoms with Crippen LogP contribution in [-0.4, -0.2) is 23.6 Å². The summed E-state index contributed by atoms with van der Waals surface area (Å²) in [7, 11) is 0. The van der Waals surface area contributed by atoms with Crippen LogP contribution >= 0.6 is 12.0 Å². The Bertz CT molecular complexity index is 112. The molecule has 0 saturated carbocycles. The summed E-state index contributed by atoms with van der Waals surface area (Å²) in [6, 6.07) is 0. The van der Waals surface area contributed by atoms with Crippen LogP contribution in [0.4, 0.5) is 0 Å². The van der Waals surface area contributed by atoms with E-state index in [2.05, 4.69) is 4.84 Å². The molecule has 1 fully saturated rings. The fourth-order valence-corrected chi connectivity index (χ4v) is 1.13. The Hall–Kier alpha value is -0.490. The number of rotatable bonds is 2. The van der Waals surface area contributed by atoms with Crippen LogP contribution < -0.4 is 0 Å². The first-order valence-electron chi connectivity index (χ1n) is 2.34. The molecule has 1 rings (SSSR count). The van der Waals surface area contributed by atoms with Gasteiger partial charge < -0.3 is 9.02 Å². The second-order valence-corrected chi connectivity index (χ2v) is 2.32. The van der Waals surface area contributed by atoms with E-state index < -0.39 is 5.09 Å². The van der Waals surface area contributed by atoms with Gasteiger partial charge in [0.25, 0.3) is 5.09 Å². The van der Waals surface area contributed by atoms with Crippen molar-refractivity contribution in [3.05, 3.63) is 10.1 Å². The Kier molecular flexibility index (Phi) is 2.12. The molecule has 9 heavy (non-hydrogen) atoms. The number of hydrogen-bond donors (Lipinski definition) is 0. The van der Waals surface area contributed by atoms with Gasteiger partial charge in [-0.15, -0.1) is 10.1 Å². The standard InChI is InChI=1S/C3H5NO4S/c5-4(6)8-3-1-7-9-2-3/h3H,1-2H2. The lowest BCUT2D eigenvalue weighted by Gasteiger charge is -2.00. The van der Waals surface area contributed by atoms with Gasteiger partial charge in [-0.2, -0.15) is 0 Å². The van der Waals surface area contributed by atoms with E-state index in [1.807, 2.05) is 0 Å². The number of nitrogens with zero attached hydrogens (tertiary/aromatic N) is 1. The normalized spacial score (nSPS) is 26.0. The molecule has 1 saturated heterocycles. The fourth-order valence-electron chi connectivity index (χ4n) is 0.479. The maximum atomic E-state index is 9.67. The fraction of sp³-hybridized carbons (Fsp3) is 1.00. The molecule has 1 heterocycles. The summed E-state index contributed by atoms with van der Waals surface area (Å²) in [5.41, 5.74) is 0. The molecule has 0 bridgehead atoms. The summed E-state index contributed by atoms with van der Waals surface area (Å²) in [5, 5.41) is 8.88. The molecule has 0 spiro atoms. The Labute approximate surface area is 55.6 Å². The smallest absolute Gasteiger partial charge is 0.294 e. The third-order valence-corrected chi connectivity index (χ3v) is 1.64. The van der Waals surface area contributed by atoms with Crippen LogP contribution in [0.5, 0.6) is 0 Å². The maximum Gasteiger partial charge on any atom is 0.294 e. The molecular weight excluding hydrogens is 146 g/mol. The molecule has 0 aliphatic carbocycles. The highest BCUT2D eigenvalue weighted by molar-refractivity contribution is 7.94. The molecule has 52 valence electrons. The number of hydrogen-bond acceptors (Lipinski definition) is 5. The predicted octanol–water partition coefficient (Wildman–Crippen LogP) is 0.242. The molecular formula is C3H5NO4S. The topological polar surface area (TPSA) is 61.6 Å². The van der Waals surface area contributed by atoms with Gasteiger partial charge in [-0.05, 0) is 12.0 Å². The second-order valence-electron chi connectivity index (χ2n) is 1.52. The summed E-state index contributed by atoms with van der Waals surface area (Å²) in [6.45, 7) is 0.311. The van der Waals surface area contributed by atoms with E-state index in [-0.39, 0.29) is 6.10 Å². The van der Waals surface area contributed by atoms with Gasteiger partial charge in [0.1, 0.15) is 6.10 Å². The van der Waals surface area contributed by atoms with E-state index >= 15 is 0 Å². The van der Waals surface area contributed by atoms with Crippen molar-refractivity contribution in [2.24, 2.45) is 0 Å². The van der Waals surface area contributed by atoms with Crippen molar-refractivity contribution >= 4 is 12.0 Å². The molecule has 1 unspecified atom stereocenters. The van der Waals surface area contributed by atoms with Crippen LogP contribution in [0, 0.1) is 10.1 Å². The van der Waals surface area contributed by atoms with Crippen LogP contribution in [0.25, 0.3) is 0 Å². The van der Waals surface area contributed by atoms with E-state index in [0.717, 1.165) is 0 Å². The Morgan fingerprint density at radius 2 is 2.67 bits per heavy atom. The third-order valence-electron chi connectivity index (χ3n) is 0.826. The van der Waals surface area contributed by atoms with Gasteiger partial charge in [-0.25, -0.2) is 0 Å². The average molecular weight is 151 g/mol. The van der Waals surface area contributed by atoms with Crippen molar-refractivity contribution in [2.45, 2.75) is 6.10 Å². The maximum absolute atomic E-state index is 9.67. The largest absolute Gasteiger partial charge is 0.313 e. The molecule has 0 aromatic rings. The first-order chi connectivity index (χ1) is 4.29. The molecule has 1 aliphatic rings. The second kappa shape index (κ2) is 2.88. The van der Waals surface area contributed by atoms with Gasteiger partial charge in [0.15, 0.2) is 0 Å². The summed E-state index contributed by atoms with van der Waals surface area (Å²) in [5.74, 6) is 0.543. The molecule has 0 radical (unpaired) electrons. The molecule has 1 aliphatic heterocycles. The molecule has 0 aromatic heterocycles. The minimum atomic E-state index is -0.792. The van der Waals surface area contributed by atoms with Crippen molar-refractivity contribution in [1.82, 2.24) is 0 Å². The molecule has 0 N–H and O–H groups in total. The zero-order chi connectivity index (χ0) is 6.69. The van der Waals surface area contributed by atoms with E-state index in [4.69, 9.17) is 4.18 Å². The van der Waals surface area contributed by atoms with Gasteiger partial charge in [-0.3, -0.25) is 0 Å². The Morgan fingerprint density at radius 3 is 3.11 bits per heavy atom. The first-order valence-corrected chi connectivity index (χ1v) is 3.25. The van der Waals surface area contributed by atoms with Gasteiger partial charge in [0, 0.05) is 5.75 Å². The van der Waals surface area contributed by atoms with E-state index in [9.17, 15) is 10.1 Å². The minimum absolute atomic E-state index is 0.311. The van der Waals surface area contributed by atoms with Crippen molar-refractivity contribution < 1.29 is 14.1 Å². The molecule has 6 heteroatoms. The van der Waals surface area contributed by atoms with Crippen LogP contribution in [-0.2, 0) is 9.02 Å². The first kappa shape index (κ1) is 6.63. The Balaban J connectivity index is 2.19. The van der Waals surface area contributed by atoms with Gasteiger partial charge in [0.2, 0.25) is 0 Å². The zero-order valence-corrected chi connectivity index (χ0v) is 5.30. The van der Waals surface area contributed by atoms with Crippen LogP contribution in [0.2, 0.25) is 0 Å². The van der Waals surface area contributed by atoms with Crippen molar-refractivity contribution in [3.8, 4) is 0 Å². The van der Waals surface area contributed by atoms with Gasteiger partial charge in [-0.1, -0.05) is 0 Å². The lowest BCUT2D eigenvalue weighted by atomic mass is 10.4. The highest BCUT2D eigenvalue weighted by Crippen LogP contribution is 2.16. The van der Waals surface area contributed by atoms with E-state index in [0.29, 0.717) is 12.4 Å². The Morgan fingerprint density at radius 1 is 1.89 bits per heavy atom. The highest BCUT2D eigenvalue weighted by atomic mass is 32.2. The lowest BCUT2D eigenvalue weighted by molar-refractivity contribution is -0.767. The van der Waals surface area contributed by atoms with Crippen molar-refractivity contribution in [3.63, 3.8) is 0 Å². The monoisotopic (exact) mass is 151 g/mol. The van der Waals surface area contributed by atoms with Crippen LogP contribution in [0.15, 0.2) is 0 Å². The lowest BCUT2D eigenvalue weighted by Crippen LogP contribution is -2.18. The molecule has 1 atom stereocenters. The van der Waals surface area contributed by atoms with E-state index in [1.165, 1.54) is 12.0 Å². The summed E-state index contributed by atoms with van der Waals surface area (Å²) in [4.78, 5) is 13.9. The average Bonchev–Trinajstić information content (AvgIpc) is 2.15. The quantitative estimate of drug-likeness (QED) is 0.321. The SMILES string of the molecule is O=[N+]([O-])OC1COSC1. The zero-order valence-electron chi connectivity index (χ0n) is 4.48. The van der Waals surface area contributed by atoms with Crippen molar-refractivity contribution in [2.75, 3.05) is 12.4 Å². The van der Waals surface area contributed by atoms with Crippen molar-refractivity contribution in [1.29, 1.82) is 0 Å². The predicted molar refractivity (Wildman–Crippen MR) is 30.3 cm³/mol. The summed E-state index contributed by atoms with van der Waals surface area (Å²) in [6.07, 6.45) is -0.370. The highest BCUT2D eigenvalue weighted by Gasteiger charge is 2.19. The molecule has 0 amide bonds. The van der Waals surface area contributed by atoms with Gasteiger partial charge in [0.05, 0.1) is 6.61 Å². The molecule has 0 aromatic carbocycles. The minimum Gasteiger partial charge on any atom is -0.313 e. The van der Waals surface area contributed by atoms with Gasteiger partial charge >= 0.3 is 0 Å². The third kappa shape index (κ3) is 2.06. The molecule has 5 nitrogen and oxygen atoms in total. The summed E-state index contributed by atoms with van der Waals surface area (Å²) < 4.78 is 4.75. The van der Waals surface area contributed by atoms with Crippen LogP contribution in [0.1, 0.15) is 0 Å². The van der Waals surface area contributed by atoms with Crippen LogP contribution in [0.3, 0.4) is 0 Å². The summed E-state index contributed by atoms with van der Waals surface area (Å²) >= 11 is 1.19.